The van der Waals surface area contributed by atoms with Gasteiger partial charge in [-0.25, -0.2) is 19.7 Å². The molecule has 3 rings (SSSR count). The Hall–Kier alpha value is -2.61. The zero-order valence-corrected chi connectivity index (χ0v) is 25.5. The molecule has 9 nitrogen and oxygen atoms in total. The molecule has 14 heteroatoms. The number of rotatable bonds is 14. The topological polar surface area (TPSA) is 120 Å². The van der Waals surface area contributed by atoms with Crippen LogP contribution in [-0.2, 0) is 16.0 Å². The van der Waals surface area contributed by atoms with Crippen LogP contribution in [0.25, 0.3) is 0 Å². The van der Waals surface area contributed by atoms with E-state index >= 15 is 0 Å². The molecule has 1 saturated heterocycles. The van der Waals surface area contributed by atoms with Gasteiger partial charge in [-0.05, 0) is 39.5 Å². The van der Waals surface area contributed by atoms with Crippen molar-refractivity contribution in [3.63, 3.8) is 0 Å². The smallest absolute Gasteiger partial charge is 0.480 e. The zero-order valence-electron chi connectivity index (χ0n) is 23.8. The first kappa shape index (κ1) is 34.6. The third-order valence-electron chi connectivity index (χ3n) is 6.43. The molecule has 41 heavy (non-hydrogen) atoms. The van der Waals surface area contributed by atoms with Gasteiger partial charge >= 0.3 is 18.1 Å². The van der Waals surface area contributed by atoms with Crippen LogP contribution in [0.2, 0.25) is 0 Å². The molecule has 0 radical (unpaired) electrons. The first-order chi connectivity index (χ1) is 19.3. The van der Waals surface area contributed by atoms with Crippen molar-refractivity contribution >= 4 is 46.7 Å². The van der Waals surface area contributed by atoms with E-state index in [1.807, 2.05) is 17.8 Å². The number of anilines is 2. The largest absolute Gasteiger partial charge is 0.490 e. The summed E-state index contributed by atoms with van der Waals surface area (Å²) >= 11 is 2.83. The van der Waals surface area contributed by atoms with Crippen LogP contribution < -0.4 is 9.80 Å². The summed E-state index contributed by atoms with van der Waals surface area (Å²) in [5.74, 6) is -2.80. The highest BCUT2D eigenvalue weighted by atomic mass is 32.2. The summed E-state index contributed by atoms with van der Waals surface area (Å²) < 4.78 is 31.7. The van der Waals surface area contributed by atoms with Crippen molar-refractivity contribution in [2.45, 2.75) is 93.8 Å². The molecule has 1 aliphatic rings. The van der Waals surface area contributed by atoms with Crippen LogP contribution in [0.3, 0.4) is 0 Å². The fourth-order valence-corrected chi connectivity index (χ4v) is 6.20. The van der Waals surface area contributed by atoms with E-state index in [9.17, 15) is 23.1 Å². The molecule has 2 aromatic heterocycles. The molecule has 1 fully saturated rings. The van der Waals surface area contributed by atoms with E-state index in [0.29, 0.717) is 0 Å². The van der Waals surface area contributed by atoms with Gasteiger partial charge in [0.25, 0.3) is 0 Å². The highest BCUT2D eigenvalue weighted by molar-refractivity contribution is 8.03. The lowest BCUT2D eigenvalue weighted by Gasteiger charge is -2.29. The Labute approximate surface area is 247 Å². The average Bonchev–Trinajstić information content (AvgIpc) is 3.37. The van der Waals surface area contributed by atoms with E-state index < -0.39 is 22.9 Å². The monoisotopic (exact) mass is 619 g/mol. The maximum absolute atomic E-state index is 11.4. The number of alkyl halides is 3. The summed E-state index contributed by atoms with van der Waals surface area (Å²) in [5.41, 5.74) is 2.11. The van der Waals surface area contributed by atoms with Gasteiger partial charge in [-0.3, -0.25) is 4.79 Å². The van der Waals surface area contributed by atoms with E-state index in [1.54, 1.807) is 13.8 Å². The molecule has 0 saturated carbocycles. The quantitative estimate of drug-likeness (QED) is 0.178. The van der Waals surface area contributed by atoms with E-state index in [4.69, 9.17) is 19.9 Å². The Kier molecular flexibility index (Phi) is 14.1. The minimum absolute atomic E-state index is 0.785. The summed E-state index contributed by atoms with van der Waals surface area (Å²) in [7, 11) is 0. The van der Waals surface area contributed by atoms with Crippen LogP contribution in [0.1, 0.15) is 77.8 Å². The van der Waals surface area contributed by atoms with Gasteiger partial charge in [0, 0.05) is 38.0 Å². The summed E-state index contributed by atoms with van der Waals surface area (Å²) in [4.78, 5) is 39.1. The number of aromatic nitrogens is 3. The molecule has 3 heterocycles. The van der Waals surface area contributed by atoms with E-state index in [0.717, 1.165) is 60.7 Å². The van der Waals surface area contributed by atoms with Gasteiger partial charge in [0.05, 0.1) is 23.8 Å². The molecule has 0 aromatic carbocycles. The second-order valence-corrected chi connectivity index (χ2v) is 13.0. The van der Waals surface area contributed by atoms with Crippen molar-refractivity contribution in [1.82, 2.24) is 15.0 Å². The normalized spacial score (nSPS) is 13.9. The molecule has 0 amide bonds. The van der Waals surface area contributed by atoms with Gasteiger partial charge in [0.15, 0.2) is 4.34 Å². The van der Waals surface area contributed by atoms with Crippen molar-refractivity contribution in [2.75, 3.05) is 36.0 Å². The molecule has 0 aliphatic carbocycles. The van der Waals surface area contributed by atoms with Gasteiger partial charge in [-0.2, -0.15) is 13.2 Å². The van der Waals surface area contributed by atoms with Gasteiger partial charge in [-0.15, -0.1) is 11.3 Å². The molecule has 2 N–H and O–H groups in total. The minimum atomic E-state index is -5.08. The van der Waals surface area contributed by atoms with Crippen LogP contribution in [0.5, 0.6) is 0 Å². The maximum Gasteiger partial charge on any atom is 0.490 e. The second kappa shape index (κ2) is 16.7. The Morgan fingerprint density at radius 3 is 2.17 bits per heavy atom. The average molecular weight is 620 g/mol. The molecule has 2 aromatic rings. The molecule has 0 spiro atoms. The summed E-state index contributed by atoms with van der Waals surface area (Å²) in [6.07, 6.45) is 9.59. The highest BCUT2D eigenvalue weighted by Gasteiger charge is 2.38. The van der Waals surface area contributed by atoms with E-state index in [1.165, 1.54) is 68.0 Å². The summed E-state index contributed by atoms with van der Waals surface area (Å²) in [6, 6.07) is 0. The zero-order chi connectivity index (χ0) is 30.5. The molecule has 0 atom stereocenters. The van der Waals surface area contributed by atoms with Crippen molar-refractivity contribution in [2.24, 2.45) is 0 Å². The van der Waals surface area contributed by atoms with Crippen LogP contribution in [0, 0.1) is 0 Å². The molecular formula is C27H40F3N5O4S2. The number of nitrogens with zero attached hydrogens (tertiary/aromatic N) is 5. The number of hydrogen-bond donors (Lipinski definition) is 2. The third-order valence-corrected chi connectivity index (χ3v) is 8.60. The van der Waals surface area contributed by atoms with Gasteiger partial charge in [-0.1, -0.05) is 44.4 Å². The number of carboxylic acids is 2. The van der Waals surface area contributed by atoms with Gasteiger partial charge in [0.1, 0.15) is 4.75 Å². The molecule has 230 valence electrons. The lowest BCUT2D eigenvalue weighted by atomic mass is 10.1. The fraction of sp³-hybridized carbons (Fsp3) is 0.667. The van der Waals surface area contributed by atoms with Crippen LogP contribution in [0.4, 0.5) is 24.8 Å². The fourth-order valence-electron chi connectivity index (χ4n) is 3.97. The van der Waals surface area contributed by atoms with Crippen molar-refractivity contribution in [1.29, 1.82) is 0 Å². The number of carboxylic acid groups (broad SMARTS) is 2. The van der Waals surface area contributed by atoms with Crippen molar-refractivity contribution in [3.8, 4) is 0 Å². The number of piperidine rings is 1. The first-order valence-electron chi connectivity index (χ1n) is 13.8. The predicted molar refractivity (Wildman–Crippen MR) is 156 cm³/mol. The number of carbonyl (C=O) groups is 2. The highest BCUT2D eigenvalue weighted by Crippen LogP contribution is 2.34. The number of halogens is 3. The molecule has 1 aliphatic heterocycles. The molecule has 0 bridgehead atoms. The Morgan fingerprint density at radius 1 is 1.00 bits per heavy atom. The SMILES string of the molecule is CCCCCCCN(CCc1csc(SC(C)(C)C(=O)O)n1)c1ncc(N2CCCCC2)cn1.O=C(O)C(F)(F)F. The predicted octanol–water partition coefficient (Wildman–Crippen LogP) is 6.53. The van der Waals surface area contributed by atoms with Crippen molar-refractivity contribution < 1.29 is 33.0 Å². The van der Waals surface area contributed by atoms with E-state index in [-0.39, 0.29) is 0 Å². The first-order valence-corrected chi connectivity index (χ1v) is 15.5. The van der Waals surface area contributed by atoms with Crippen LogP contribution in [-0.4, -0.2) is 74.2 Å². The minimum Gasteiger partial charge on any atom is -0.480 e. The standard InChI is InChI=1S/C25H39N5O2S2.C2HF3O2/c1-4-5-6-7-9-15-30(23-26-17-21(18-27-23)29-13-10-8-11-14-29)16-12-20-19-33-24(28-20)34-25(2,3)22(31)32;3-2(4,5)1(6)7/h17-19H,4-16H2,1-3H3,(H,31,32);(H,6,7). The maximum atomic E-state index is 11.4. The third kappa shape index (κ3) is 12.4. The lowest BCUT2D eigenvalue weighted by Crippen LogP contribution is -2.31. The lowest BCUT2D eigenvalue weighted by molar-refractivity contribution is -0.192. The number of hydrogen-bond acceptors (Lipinski definition) is 9. The van der Waals surface area contributed by atoms with Crippen LogP contribution in [0.15, 0.2) is 22.1 Å². The number of aliphatic carboxylic acids is 2. The summed E-state index contributed by atoms with van der Waals surface area (Å²) in [5, 5.41) is 18.5. The number of unbranched alkanes of at least 4 members (excludes halogenated alkanes) is 4. The second-order valence-electron chi connectivity index (χ2n) is 10.3. The molecule has 0 unspecified atom stereocenters. The Balaban J connectivity index is 0.000000745. The van der Waals surface area contributed by atoms with E-state index in [2.05, 4.69) is 21.7 Å². The number of thiazole rings is 1. The van der Waals surface area contributed by atoms with Gasteiger partial charge in [0.2, 0.25) is 5.95 Å². The van der Waals surface area contributed by atoms with Gasteiger partial charge < -0.3 is 20.0 Å². The van der Waals surface area contributed by atoms with Crippen molar-refractivity contribution in [3.05, 3.63) is 23.5 Å². The molecular weight excluding hydrogens is 579 g/mol. The number of thioether (sulfide) groups is 1. The van der Waals surface area contributed by atoms with Crippen LogP contribution >= 0.6 is 23.1 Å². The summed E-state index contributed by atoms with van der Waals surface area (Å²) in [6.45, 7) is 9.58. The Morgan fingerprint density at radius 2 is 1.61 bits per heavy atom. The Bertz CT molecular complexity index is 1080.